The van der Waals surface area contributed by atoms with Gasteiger partial charge >= 0.3 is 6.61 Å². The zero-order chi connectivity index (χ0) is 15.2. The van der Waals surface area contributed by atoms with E-state index in [2.05, 4.69) is 10.1 Å². The molecular weight excluding hydrogens is 296 g/mol. The molecule has 0 heterocycles. The molecule has 2 aromatic carbocycles. The molecule has 0 aliphatic heterocycles. The van der Waals surface area contributed by atoms with Crippen LogP contribution >= 0.6 is 11.6 Å². The van der Waals surface area contributed by atoms with Gasteiger partial charge in [0, 0.05) is 23.2 Å². The monoisotopic (exact) mass is 311 g/mol. The molecule has 0 saturated heterocycles. The van der Waals surface area contributed by atoms with Gasteiger partial charge in [0.2, 0.25) is 0 Å². The fourth-order valence-electron chi connectivity index (χ4n) is 2.06. The minimum absolute atomic E-state index is 0.142. The van der Waals surface area contributed by atoms with E-state index in [0.717, 1.165) is 5.56 Å². The maximum absolute atomic E-state index is 12.4. The number of ether oxygens (including phenoxy) is 1. The molecule has 0 radical (unpaired) electrons. The average molecular weight is 312 g/mol. The van der Waals surface area contributed by atoms with E-state index in [-0.39, 0.29) is 11.8 Å². The summed E-state index contributed by atoms with van der Waals surface area (Å²) in [5.74, 6) is 0.187. The van der Waals surface area contributed by atoms with Gasteiger partial charge < -0.3 is 10.1 Å². The molecule has 2 rings (SSSR count). The van der Waals surface area contributed by atoms with Crippen molar-refractivity contribution in [3.63, 3.8) is 0 Å². The lowest BCUT2D eigenvalue weighted by Crippen LogP contribution is -2.19. The highest BCUT2D eigenvalue weighted by Gasteiger charge is 2.14. The number of alkyl halides is 2. The van der Waals surface area contributed by atoms with Gasteiger partial charge in [-0.1, -0.05) is 48.0 Å². The number of benzene rings is 2. The zero-order valence-electron chi connectivity index (χ0n) is 11.5. The first-order valence-electron chi connectivity index (χ1n) is 6.58. The van der Waals surface area contributed by atoms with Crippen molar-refractivity contribution in [1.29, 1.82) is 0 Å². The Hall–Kier alpha value is -1.65. The van der Waals surface area contributed by atoms with Crippen molar-refractivity contribution < 1.29 is 13.5 Å². The predicted octanol–water partition coefficient (Wildman–Crippen LogP) is 4.79. The van der Waals surface area contributed by atoms with Crippen LogP contribution in [0.15, 0.2) is 48.5 Å². The Kier molecular flexibility index (Phi) is 5.53. The standard InChI is InChI=1S/C16H16ClF2NO/c1-11(20-10-12-6-2-4-8-14(12)17)13-7-3-5-9-15(13)21-16(18)19/h2-9,11,16,20H,10H2,1H3. The summed E-state index contributed by atoms with van der Waals surface area (Å²) in [6, 6.07) is 14.1. The van der Waals surface area contributed by atoms with Crippen LogP contribution in [0.25, 0.3) is 0 Å². The van der Waals surface area contributed by atoms with Crippen LogP contribution in [0.5, 0.6) is 5.75 Å². The van der Waals surface area contributed by atoms with Crippen LogP contribution in [0.2, 0.25) is 5.02 Å². The third-order valence-corrected chi connectivity index (χ3v) is 3.53. The van der Waals surface area contributed by atoms with E-state index in [1.807, 2.05) is 31.2 Å². The van der Waals surface area contributed by atoms with Crippen molar-refractivity contribution in [3.05, 3.63) is 64.7 Å². The van der Waals surface area contributed by atoms with E-state index >= 15 is 0 Å². The first kappa shape index (κ1) is 15.7. The van der Waals surface area contributed by atoms with Gasteiger partial charge in [-0.05, 0) is 24.6 Å². The van der Waals surface area contributed by atoms with Crippen LogP contribution in [0.4, 0.5) is 8.78 Å². The van der Waals surface area contributed by atoms with Crippen molar-refractivity contribution in [2.45, 2.75) is 26.1 Å². The highest BCUT2D eigenvalue weighted by molar-refractivity contribution is 6.31. The molecule has 5 heteroatoms. The maximum atomic E-state index is 12.4. The molecule has 0 bridgehead atoms. The van der Waals surface area contributed by atoms with Crippen molar-refractivity contribution in [1.82, 2.24) is 5.32 Å². The molecule has 0 aliphatic rings. The number of nitrogens with one attached hydrogen (secondary N) is 1. The van der Waals surface area contributed by atoms with Crippen molar-refractivity contribution in [2.24, 2.45) is 0 Å². The summed E-state index contributed by atoms with van der Waals surface area (Å²) in [5, 5.41) is 3.94. The van der Waals surface area contributed by atoms with E-state index in [0.29, 0.717) is 17.1 Å². The third-order valence-electron chi connectivity index (χ3n) is 3.16. The summed E-state index contributed by atoms with van der Waals surface area (Å²) in [6.45, 7) is -0.393. The number of rotatable bonds is 6. The van der Waals surface area contributed by atoms with Gasteiger partial charge in [0.05, 0.1) is 0 Å². The summed E-state index contributed by atoms with van der Waals surface area (Å²) >= 11 is 6.09. The van der Waals surface area contributed by atoms with E-state index in [4.69, 9.17) is 11.6 Å². The van der Waals surface area contributed by atoms with Crippen LogP contribution in [0.1, 0.15) is 24.1 Å². The first-order valence-corrected chi connectivity index (χ1v) is 6.96. The molecule has 0 saturated carbocycles. The second-order valence-electron chi connectivity index (χ2n) is 4.61. The van der Waals surface area contributed by atoms with Crippen LogP contribution in [0.3, 0.4) is 0 Å². The predicted molar refractivity (Wildman–Crippen MR) is 79.8 cm³/mol. The summed E-state index contributed by atoms with van der Waals surface area (Å²) in [7, 11) is 0. The van der Waals surface area contributed by atoms with Gasteiger partial charge in [-0.2, -0.15) is 8.78 Å². The quantitative estimate of drug-likeness (QED) is 0.828. The van der Waals surface area contributed by atoms with Crippen molar-refractivity contribution in [3.8, 4) is 5.75 Å². The fourth-order valence-corrected chi connectivity index (χ4v) is 2.26. The smallest absolute Gasteiger partial charge is 0.387 e. The lowest BCUT2D eigenvalue weighted by molar-refractivity contribution is -0.0506. The summed E-state index contributed by atoms with van der Waals surface area (Å²) in [5.41, 5.74) is 1.64. The Morgan fingerprint density at radius 3 is 2.48 bits per heavy atom. The Balaban J connectivity index is 2.07. The molecule has 21 heavy (non-hydrogen) atoms. The Bertz CT molecular complexity index is 592. The summed E-state index contributed by atoms with van der Waals surface area (Å²) < 4.78 is 29.4. The van der Waals surface area contributed by atoms with Crippen LogP contribution < -0.4 is 10.1 Å². The second-order valence-corrected chi connectivity index (χ2v) is 5.02. The topological polar surface area (TPSA) is 21.3 Å². The van der Waals surface area contributed by atoms with Gasteiger partial charge in [0.25, 0.3) is 0 Å². The zero-order valence-corrected chi connectivity index (χ0v) is 12.3. The highest BCUT2D eigenvalue weighted by atomic mass is 35.5. The number of halogens is 3. The number of hydrogen-bond donors (Lipinski definition) is 1. The van der Waals surface area contributed by atoms with Gasteiger partial charge in [0.15, 0.2) is 0 Å². The molecule has 2 nitrogen and oxygen atoms in total. The highest BCUT2D eigenvalue weighted by Crippen LogP contribution is 2.27. The molecule has 0 fully saturated rings. The van der Waals surface area contributed by atoms with Crippen LogP contribution in [0, 0.1) is 0 Å². The molecule has 1 unspecified atom stereocenters. The van der Waals surface area contributed by atoms with Gasteiger partial charge in [0.1, 0.15) is 5.75 Å². The first-order chi connectivity index (χ1) is 10.1. The largest absolute Gasteiger partial charge is 0.434 e. The fraction of sp³-hybridized carbons (Fsp3) is 0.250. The molecule has 0 aliphatic carbocycles. The Morgan fingerprint density at radius 1 is 1.10 bits per heavy atom. The molecule has 0 spiro atoms. The van der Waals surface area contributed by atoms with E-state index in [1.54, 1.807) is 18.2 Å². The molecule has 1 atom stereocenters. The maximum Gasteiger partial charge on any atom is 0.387 e. The summed E-state index contributed by atoms with van der Waals surface area (Å²) in [4.78, 5) is 0. The molecule has 2 aromatic rings. The van der Waals surface area contributed by atoms with Crippen LogP contribution in [-0.2, 0) is 6.54 Å². The van der Waals surface area contributed by atoms with Crippen LogP contribution in [-0.4, -0.2) is 6.61 Å². The Labute approximate surface area is 127 Å². The Morgan fingerprint density at radius 2 is 1.76 bits per heavy atom. The molecular formula is C16H16ClF2NO. The molecule has 1 N–H and O–H groups in total. The van der Waals surface area contributed by atoms with Gasteiger partial charge in [-0.25, -0.2) is 0 Å². The normalized spacial score (nSPS) is 12.4. The number of hydrogen-bond acceptors (Lipinski definition) is 2. The lowest BCUT2D eigenvalue weighted by atomic mass is 10.1. The minimum Gasteiger partial charge on any atom is -0.434 e. The SMILES string of the molecule is CC(NCc1ccccc1Cl)c1ccccc1OC(F)F. The molecule has 0 aromatic heterocycles. The van der Waals surface area contributed by atoms with Crippen molar-refractivity contribution in [2.75, 3.05) is 0 Å². The third kappa shape index (κ3) is 4.41. The van der Waals surface area contributed by atoms with E-state index in [1.165, 1.54) is 6.07 Å². The summed E-state index contributed by atoms with van der Waals surface area (Å²) in [6.07, 6.45) is 0. The average Bonchev–Trinajstić information content (AvgIpc) is 2.46. The number of para-hydroxylation sites is 1. The minimum atomic E-state index is -2.83. The van der Waals surface area contributed by atoms with E-state index < -0.39 is 6.61 Å². The van der Waals surface area contributed by atoms with Gasteiger partial charge in [-0.15, -0.1) is 0 Å². The lowest BCUT2D eigenvalue weighted by Gasteiger charge is -2.18. The van der Waals surface area contributed by atoms with Crippen molar-refractivity contribution >= 4 is 11.6 Å². The van der Waals surface area contributed by atoms with E-state index in [9.17, 15) is 8.78 Å². The van der Waals surface area contributed by atoms with Gasteiger partial charge in [-0.3, -0.25) is 0 Å². The second kappa shape index (κ2) is 7.38. The molecule has 112 valence electrons. The molecule has 0 amide bonds.